The highest BCUT2D eigenvalue weighted by Crippen LogP contribution is 2.37. The van der Waals surface area contributed by atoms with E-state index in [2.05, 4.69) is 24.1 Å². The Hall–Kier alpha value is -0.570. The number of nitrogens with zero attached hydrogens (tertiary/aromatic N) is 1. The number of nitrogens with one attached hydrogen (secondary N) is 1. The van der Waals surface area contributed by atoms with Crippen molar-refractivity contribution in [2.45, 2.75) is 45.6 Å². The van der Waals surface area contributed by atoms with Crippen molar-refractivity contribution >= 4 is 5.91 Å². The Kier molecular flexibility index (Phi) is 3.85. The maximum atomic E-state index is 12.2. The number of piperidine rings is 1. The molecule has 1 aliphatic heterocycles. The first-order valence-electron chi connectivity index (χ1n) is 6.74. The predicted octanol–water partition coefficient (Wildman–Crippen LogP) is 1.63. The fourth-order valence-corrected chi connectivity index (χ4v) is 2.72. The minimum absolute atomic E-state index is 0.264. The van der Waals surface area contributed by atoms with E-state index in [4.69, 9.17) is 0 Å². The third kappa shape index (κ3) is 2.76. The van der Waals surface area contributed by atoms with Gasteiger partial charge in [0.05, 0.1) is 0 Å². The lowest BCUT2D eigenvalue weighted by Gasteiger charge is -2.34. The summed E-state index contributed by atoms with van der Waals surface area (Å²) in [6.45, 7) is 7.14. The zero-order valence-corrected chi connectivity index (χ0v) is 10.5. The van der Waals surface area contributed by atoms with Gasteiger partial charge in [-0.15, -0.1) is 0 Å². The van der Waals surface area contributed by atoms with Gasteiger partial charge in [0, 0.05) is 25.0 Å². The molecule has 2 rings (SSSR count). The Morgan fingerprint density at radius 1 is 1.44 bits per heavy atom. The van der Waals surface area contributed by atoms with Crippen LogP contribution in [0.15, 0.2) is 0 Å². The first-order chi connectivity index (χ1) is 7.72. The molecule has 2 fully saturated rings. The number of amides is 1. The van der Waals surface area contributed by atoms with Crippen LogP contribution in [-0.2, 0) is 4.79 Å². The fourth-order valence-electron chi connectivity index (χ4n) is 2.72. The third-order valence-corrected chi connectivity index (χ3v) is 3.94. The molecule has 2 atom stereocenters. The van der Waals surface area contributed by atoms with E-state index >= 15 is 0 Å². The maximum absolute atomic E-state index is 12.2. The topological polar surface area (TPSA) is 32.3 Å². The van der Waals surface area contributed by atoms with E-state index < -0.39 is 0 Å². The molecule has 0 radical (unpaired) electrons. The van der Waals surface area contributed by atoms with Crippen LogP contribution in [0.3, 0.4) is 0 Å². The summed E-state index contributed by atoms with van der Waals surface area (Å²) in [6.07, 6.45) is 4.89. The molecule has 92 valence electrons. The lowest BCUT2D eigenvalue weighted by molar-refractivity contribution is -0.137. The van der Waals surface area contributed by atoms with Crippen LogP contribution in [0.5, 0.6) is 0 Å². The summed E-state index contributed by atoms with van der Waals surface area (Å²) in [7, 11) is 0. The zero-order valence-electron chi connectivity index (χ0n) is 10.5. The molecule has 2 aliphatic rings. The van der Waals surface area contributed by atoms with Crippen molar-refractivity contribution in [2.24, 2.45) is 11.8 Å². The number of likely N-dealkylation sites (tertiary alicyclic amines) is 1. The molecule has 0 spiro atoms. The van der Waals surface area contributed by atoms with Gasteiger partial charge in [0.2, 0.25) is 5.91 Å². The Morgan fingerprint density at radius 2 is 2.19 bits per heavy atom. The highest BCUT2D eigenvalue weighted by atomic mass is 16.2. The summed E-state index contributed by atoms with van der Waals surface area (Å²) < 4.78 is 0. The van der Waals surface area contributed by atoms with Crippen LogP contribution in [0.1, 0.15) is 39.5 Å². The first kappa shape index (κ1) is 11.9. The van der Waals surface area contributed by atoms with Gasteiger partial charge in [-0.05, 0) is 38.1 Å². The summed E-state index contributed by atoms with van der Waals surface area (Å²) in [5, 5.41) is 3.46. The molecule has 0 aromatic rings. The monoisotopic (exact) mass is 224 g/mol. The highest BCUT2D eigenvalue weighted by Gasteiger charge is 2.36. The van der Waals surface area contributed by atoms with Crippen LogP contribution in [-0.4, -0.2) is 36.5 Å². The number of hydrogen-bond acceptors (Lipinski definition) is 2. The largest absolute Gasteiger partial charge is 0.341 e. The molecular formula is C13H24N2O. The molecule has 0 bridgehead atoms. The number of rotatable bonds is 4. The lowest BCUT2D eigenvalue weighted by atomic mass is 10.0. The highest BCUT2D eigenvalue weighted by molar-refractivity contribution is 5.79. The second-order valence-corrected chi connectivity index (χ2v) is 5.31. The molecule has 0 aromatic carbocycles. The van der Waals surface area contributed by atoms with Crippen molar-refractivity contribution in [3.8, 4) is 0 Å². The molecule has 1 aliphatic carbocycles. The Labute approximate surface area is 98.6 Å². The van der Waals surface area contributed by atoms with E-state index in [1.54, 1.807) is 0 Å². The number of hydrogen-bond donors (Lipinski definition) is 1. The maximum Gasteiger partial charge on any atom is 0.225 e. The zero-order chi connectivity index (χ0) is 11.5. The SMILES string of the molecule is CCNC1CCCN(C(=O)C(C)C2CC2)C1. The van der Waals surface area contributed by atoms with Crippen LogP contribution in [0.25, 0.3) is 0 Å². The van der Waals surface area contributed by atoms with Crippen LogP contribution in [0.4, 0.5) is 0 Å². The summed E-state index contributed by atoms with van der Waals surface area (Å²) in [5.41, 5.74) is 0. The van der Waals surface area contributed by atoms with Crippen molar-refractivity contribution in [2.75, 3.05) is 19.6 Å². The minimum Gasteiger partial charge on any atom is -0.341 e. The van der Waals surface area contributed by atoms with Gasteiger partial charge in [-0.1, -0.05) is 13.8 Å². The summed E-state index contributed by atoms with van der Waals surface area (Å²) in [4.78, 5) is 14.3. The van der Waals surface area contributed by atoms with Crippen molar-refractivity contribution in [3.05, 3.63) is 0 Å². The molecule has 1 saturated heterocycles. The average molecular weight is 224 g/mol. The predicted molar refractivity (Wildman–Crippen MR) is 65.2 cm³/mol. The third-order valence-electron chi connectivity index (χ3n) is 3.94. The van der Waals surface area contributed by atoms with Crippen LogP contribution in [0, 0.1) is 11.8 Å². The molecule has 0 aromatic heterocycles. The van der Waals surface area contributed by atoms with Crippen LogP contribution >= 0.6 is 0 Å². The van der Waals surface area contributed by atoms with Crippen molar-refractivity contribution < 1.29 is 4.79 Å². The van der Waals surface area contributed by atoms with Crippen LogP contribution < -0.4 is 5.32 Å². The molecule has 16 heavy (non-hydrogen) atoms. The molecule has 1 N–H and O–H groups in total. The average Bonchev–Trinajstić information content (AvgIpc) is 3.12. The number of carbonyl (C=O) groups excluding carboxylic acids is 1. The summed E-state index contributed by atoms with van der Waals surface area (Å²) >= 11 is 0. The second-order valence-electron chi connectivity index (χ2n) is 5.31. The first-order valence-corrected chi connectivity index (χ1v) is 6.74. The van der Waals surface area contributed by atoms with E-state index in [0.29, 0.717) is 17.9 Å². The number of likely N-dealkylation sites (N-methyl/N-ethyl adjacent to an activating group) is 1. The van der Waals surface area contributed by atoms with Gasteiger partial charge in [0.15, 0.2) is 0 Å². The van der Waals surface area contributed by atoms with Gasteiger partial charge in [-0.25, -0.2) is 0 Å². The van der Waals surface area contributed by atoms with Crippen molar-refractivity contribution in [1.29, 1.82) is 0 Å². The Bertz CT molecular complexity index is 248. The standard InChI is InChI=1S/C13H24N2O/c1-3-14-12-5-4-8-15(9-12)13(16)10(2)11-6-7-11/h10-12,14H,3-9H2,1-2H3. The molecule has 3 heteroatoms. The summed E-state index contributed by atoms with van der Waals surface area (Å²) in [6, 6.07) is 0.522. The molecular weight excluding hydrogens is 200 g/mol. The van der Waals surface area contributed by atoms with Crippen molar-refractivity contribution in [3.63, 3.8) is 0 Å². The van der Waals surface area contributed by atoms with E-state index in [9.17, 15) is 4.79 Å². The molecule has 3 nitrogen and oxygen atoms in total. The lowest BCUT2D eigenvalue weighted by Crippen LogP contribution is -2.49. The second kappa shape index (κ2) is 5.17. The van der Waals surface area contributed by atoms with Crippen molar-refractivity contribution in [1.82, 2.24) is 10.2 Å². The van der Waals surface area contributed by atoms with Crippen LogP contribution in [0.2, 0.25) is 0 Å². The van der Waals surface area contributed by atoms with Gasteiger partial charge in [-0.3, -0.25) is 4.79 Å². The van der Waals surface area contributed by atoms with Gasteiger partial charge >= 0.3 is 0 Å². The normalized spacial score (nSPS) is 27.9. The van der Waals surface area contributed by atoms with E-state index in [1.807, 2.05) is 0 Å². The molecule has 1 amide bonds. The minimum atomic E-state index is 0.264. The molecule has 1 saturated carbocycles. The Morgan fingerprint density at radius 3 is 2.81 bits per heavy atom. The van der Waals surface area contributed by atoms with Gasteiger partial charge in [-0.2, -0.15) is 0 Å². The van der Waals surface area contributed by atoms with E-state index in [1.165, 1.54) is 19.3 Å². The van der Waals surface area contributed by atoms with E-state index in [-0.39, 0.29) is 5.92 Å². The van der Waals surface area contributed by atoms with E-state index in [0.717, 1.165) is 26.1 Å². The number of carbonyl (C=O) groups is 1. The summed E-state index contributed by atoms with van der Waals surface area (Å²) in [5.74, 6) is 1.34. The fraction of sp³-hybridized carbons (Fsp3) is 0.923. The van der Waals surface area contributed by atoms with Gasteiger partial charge in [0.1, 0.15) is 0 Å². The smallest absolute Gasteiger partial charge is 0.225 e. The van der Waals surface area contributed by atoms with Gasteiger partial charge < -0.3 is 10.2 Å². The quantitative estimate of drug-likeness (QED) is 0.787. The Balaban J connectivity index is 1.85. The molecule has 1 heterocycles. The van der Waals surface area contributed by atoms with Gasteiger partial charge in [0.25, 0.3) is 0 Å². The molecule has 2 unspecified atom stereocenters.